The third kappa shape index (κ3) is 3.57. The zero-order chi connectivity index (χ0) is 16.4. The van der Waals surface area contributed by atoms with E-state index >= 15 is 0 Å². The van der Waals surface area contributed by atoms with Gasteiger partial charge in [-0.2, -0.15) is 10.3 Å². The van der Waals surface area contributed by atoms with Crippen molar-refractivity contribution in [1.82, 2.24) is 35.3 Å². The summed E-state index contributed by atoms with van der Waals surface area (Å²) in [5.74, 6) is 0.835. The van der Waals surface area contributed by atoms with Crippen LogP contribution in [-0.4, -0.2) is 47.8 Å². The highest BCUT2D eigenvalue weighted by Crippen LogP contribution is 2.30. The molecule has 0 aromatic carbocycles. The Balaban J connectivity index is 1.65. The summed E-state index contributed by atoms with van der Waals surface area (Å²) in [5.41, 5.74) is 2.43. The molecule has 8 nitrogen and oxygen atoms in total. The lowest BCUT2D eigenvalue weighted by Crippen LogP contribution is -2.37. The fraction of sp³-hybridized carbons (Fsp3) is 0.667. The molecule has 0 saturated carbocycles. The lowest BCUT2D eigenvalue weighted by Gasteiger charge is -2.29. The Bertz CT molecular complexity index is 674. The fourth-order valence-corrected chi connectivity index (χ4v) is 3.18. The van der Waals surface area contributed by atoms with Gasteiger partial charge in [0.2, 0.25) is 5.91 Å². The first-order valence-electron chi connectivity index (χ1n) is 7.94. The van der Waals surface area contributed by atoms with Crippen LogP contribution in [0.5, 0.6) is 0 Å². The van der Waals surface area contributed by atoms with Gasteiger partial charge in [0.15, 0.2) is 5.82 Å². The number of hydrogen-bond donors (Lipinski definition) is 1. The van der Waals surface area contributed by atoms with Crippen molar-refractivity contribution >= 4 is 5.91 Å². The number of nitrogens with one attached hydrogen (secondary N) is 1. The number of fused-ring (bicyclic) bond motifs is 1. The first-order valence-corrected chi connectivity index (χ1v) is 7.94. The number of aryl methyl sites for hydroxylation is 2. The Hall–Kier alpha value is -2.25. The van der Waals surface area contributed by atoms with Crippen LogP contribution in [0.3, 0.4) is 0 Å². The molecular formula is C15H23N7O. The first kappa shape index (κ1) is 15.6. The number of rotatable bonds is 4. The number of carbonyl (C=O) groups excluding carboxylic acids is 1. The van der Waals surface area contributed by atoms with Gasteiger partial charge in [0, 0.05) is 44.2 Å². The Labute approximate surface area is 135 Å². The highest BCUT2D eigenvalue weighted by molar-refractivity contribution is 5.76. The number of aromatic amines is 1. The monoisotopic (exact) mass is 317 g/mol. The average molecular weight is 317 g/mol. The molecule has 1 N–H and O–H groups in total. The van der Waals surface area contributed by atoms with E-state index in [4.69, 9.17) is 0 Å². The topological polar surface area (TPSA) is 92.6 Å². The molecule has 0 bridgehead atoms. The van der Waals surface area contributed by atoms with Crippen LogP contribution in [0, 0.1) is 5.41 Å². The van der Waals surface area contributed by atoms with Crippen molar-refractivity contribution in [1.29, 1.82) is 0 Å². The van der Waals surface area contributed by atoms with E-state index < -0.39 is 0 Å². The van der Waals surface area contributed by atoms with Gasteiger partial charge in [-0.15, -0.1) is 10.2 Å². The molecule has 3 heterocycles. The van der Waals surface area contributed by atoms with Crippen LogP contribution >= 0.6 is 0 Å². The predicted octanol–water partition coefficient (Wildman–Crippen LogP) is 0.867. The quantitative estimate of drug-likeness (QED) is 0.903. The molecule has 0 spiro atoms. The predicted molar refractivity (Wildman–Crippen MR) is 83.2 cm³/mol. The molecule has 23 heavy (non-hydrogen) atoms. The van der Waals surface area contributed by atoms with Crippen LogP contribution in [-0.2, 0) is 31.2 Å². The Morgan fingerprint density at radius 3 is 3.00 bits per heavy atom. The molecule has 0 aliphatic carbocycles. The summed E-state index contributed by atoms with van der Waals surface area (Å²) in [4.78, 5) is 14.6. The van der Waals surface area contributed by atoms with E-state index in [1.54, 1.807) is 0 Å². The second-order valence-corrected chi connectivity index (χ2v) is 7.01. The van der Waals surface area contributed by atoms with Crippen molar-refractivity contribution in [3.8, 4) is 0 Å². The van der Waals surface area contributed by atoms with Crippen molar-refractivity contribution in [3.05, 3.63) is 23.3 Å². The van der Waals surface area contributed by atoms with Crippen LogP contribution in [0.15, 0.2) is 6.20 Å². The molecular weight excluding hydrogens is 294 g/mol. The number of tetrazole rings is 1. The fourth-order valence-electron chi connectivity index (χ4n) is 3.18. The van der Waals surface area contributed by atoms with E-state index in [9.17, 15) is 4.79 Å². The third-order valence-corrected chi connectivity index (χ3v) is 4.31. The zero-order valence-corrected chi connectivity index (χ0v) is 13.9. The summed E-state index contributed by atoms with van der Waals surface area (Å²) in [7, 11) is 1.97. The molecule has 0 saturated heterocycles. The molecule has 1 amide bonds. The van der Waals surface area contributed by atoms with Crippen molar-refractivity contribution in [2.24, 2.45) is 12.5 Å². The molecule has 124 valence electrons. The van der Waals surface area contributed by atoms with Gasteiger partial charge < -0.3 is 4.90 Å². The van der Waals surface area contributed by atoms with E-state index in [1.165, 1.54) is 5.69 Å². The van der Waals surface area contributed by atoms with Crippen molar-refractivity contribution in [2.45, 2.75) is 46.1 Å². The minimum Gasteiger partial charge on any atom is -0.338 e. The summed E-state index contributed by atoms with van der Waals surface area (Å²) in [6, 6.07) is 0. The van der Waals surface area contributed by atoms with E-state index in [-0.39, 0.29) is 11.3 Å². The maximum Gasteiger partial charge on any atom is 0.222 e. The number of amides is 1. The molecule has 0 radical (unpaired) electrons. The molecule has 1 aliphatic heterocycles. The number of hydrogen-bond acceptors (Lipinski definition) is 5. The largest absolute Gasteiger partial charge is 0.338 e. The maximum atomic E-state index is 12.6. The second-order valence-electron chi connectivity index (χ2n) is 7.01. The Morgan fingerprint density at radius 2 is 2.26 bits per heavy atom. The minimum atomic E-state index is 0.0440. The van der Waals surface area contributed by atoms with Gasteiger partial charge in [0.1, 0.15) is 0 Å². The van der Waals surface area contributed by atoms with Crippen LogP contribution in [0.2, 0.25) is 0 Å². The molecule has 2 aromatic heterocycles. The molecule has 0 unspecified atom stereocenters. The maximum absolute atomic E-state index is 12.6. The van der Waals surface area contributed by atoms with Gasteiger partial charge in [-0.1, -0.05) is 19.1 Å². The Kier molecular flexibility index (Phi) is 4.14. The van der Waals surface area contributed by atoms with Crippen LogP contribution in [0.1, 0.15) is 43.8 Å². The summed E-state index contributed by atoms with van der Waals surface area (Å²) in [6.07, 6.45) is 4.72. The van der Waals surface area contributed by atoms with Crippen LogP contribution in [0.4, 0.5) is 0 Å². The van der Waals surface area contributed by atoms with Crippen molar-refractivity contribution in [3.63, 3.8) is 0 Å². The van der Waals surface area contributed by atoms with Gasteiger partial charge >= 0.3 is 0 Å². The second kappa shape index (κ2) is 6.10. The third-order valence-electron chi connectivity index (χ3n) is 4.31. The van der Waals surface area contributed by atoms with E-state index in [1.807, 2.05) is 22.8 Å². The normalized spacial score (nSPS) is 16.9. The van der Waals surface area contributed by atoms with E-state index in [2.05, 4.69) is 39.6 Å². The smallest absolute Gasteiger partial charge is 0.222 e. The minimum absolute atomic E-state index is 0.0440. The van der Waals surface area contributed by atoms with Crippen molar-refractivity contribution < 1.29 is 4.79 Å². The standard InChI is InChI=1S/C15H23N7O/c1-15(2)7-12-11(8-16-21(12)3)9-22(10-15)14(23)6-4-5-13-17-19-20-18-13/h8H,4-7,9-10H2,1-3H3,(H,17,18,19,20). The van der Waals surface area contributed by atoms with Gasteiger partial charge in [-0.3, -0.25) is 9.48 Å². The number of carbonyl (C=O) groups is 1. The van der Waals surface area contributed by atoms with Gasteiger partial charge in [0.25, 0.3) is 0 Å². The highest BCUT2D eigenvalue weighted by atomic mass is 16.2. The van der Waals surface area contributed by atoms with Gasteiger partial charge in [0.05, 0.1) is 6.20 Å². The van der Waals surface area contributed by atoms with E-state index in [0.29, 0.717) is 25.2 Å². The van der Waals surface area contributed by atoms with Gasteiger partial charge in [-0.05, 0) is 18.3 Å². The molecule has 1 aliphatic rings. The van der Waals surface area contributed by atoms with Crippen LogP contribution < -0.4 is 0 Å². The molecule has 2 aromatic rings. The Morgan fingerprint density at radius 1 is 1.43 bits per heavy atom. The van der Waals surface area contributed by atoms with Gasteiger partial charge in [-0.25, -0.2) is 0 Å². The van der Waals surface area contributed by atoms with E-state index in [0.717, 1.165) is 24.9 Å². The highest BCUT2D eigenvalue weighted by Gasteiger charge is 2.31. The van der Waals surface area contributed by atoms with Crippen molar-refractivity contribution in [2.75, 3.05) is 6.54 Å². The number of nitrogens with zero attached hydrogens (tertiary/aromatic N) is 6. The summed E-state index contributed by atoms with van der Waals surface area (Å²) in [5, 5.41) is 18.1. The lowest BCUT2D eigenvalue weighted by molar-refractivity contribution is -0.133. The summed E-state index contributed by atoms with van der Waals surface area (Å²) >= 11 is 0. The summed E-state index contributed by atoms with van der Waals surface area (Å²) in [6.45, 7) is 5.82. The SMILES string of the molecule is Cn1ncc2c1CC(C)(C)CN(C(=O)CCCc1nn[nH]n1)C2. The van der Waals surface area contributed by atoms with Crippen LogP contribution in [0.25, 0.3) is 0 Å². The lowest BCUT2D eigenvalue weighted by atomic mass is 9.87. The number of aromatic nitrogens is 6. The summed E-state index contributed by atoms with van der Waals surface area (Å²) < 4.78 is 1.93. The molecule has 3 rings (SSSR count). The first-order chi connectivity index (χ1) is 10.9. The molecule has 0 fully saturated rings. The molecule has 0 atom stereocenters. The molecule has 8 heteroatoms. The average Bonchev–Trinajstić information content (AvgIpc) is 3.07. The zero-order valence-electron chi connectivity index (χ0n) is 13.9. The number of H-pyrrole nitrogens is 1.